The maximum Gasteiger partial charge on any atom is 0.277 e. The number of pyridine rings is 1. The lowest BCUT2D eigenvalue weighted by molar-refractivity contribution is 0.0774. The minimum Gasteiger partial charge on any atom is -0.345 e. The highest BCUT2D eigenvalue weighted by atomic mass is 16.2. The molecule has 0 fully saturated rings. The number of allylic oxidation sites excluding steroid dienone is 1. The monoisotopic (exact) mass is 424 g/mol. The third-order valence-electron chi connectivity index (χ3n) is 5.86. The summed E-state index contributed by atoms with van der Waals surface area (Å²) < 4.78 is 3.47. The SMILES string of the molecule is Cc1cccn2nc([C@@H]3c4nc[nH]c4C=CN3C(=O)c3ccnn3C3=NC=CCC3)cc12. The van der Waals surface area contributed by atoms with Gasteiger partial charge in [-0.25, -0.2) is 19.2 Å². The molecule has 6 heterocycles. The van der Waals surface area contributed by atoms with Crippen LogP contribution in [-0.4, -0.2) is 46.0 Å². The van der Waals surface area contributed by atoms with Crippen LogP contribution < -0.4 is 0 Å². The first kappa shape index (κ1) is 18.5. The van der Waals surface area contributed by atoms with E-state index in [0.717, 1.165) is 46.8 Å². The number of imidazole rings is 1. The summed E-state index contributed by atoms with van der Waals surface area (Å²) >= 11 is 0. The Morgan fingerprint density at radius 1 is 1.28 bits per heavy atom. The molecule has 9 nitrogen and oxygen atoms in total. The fraction of sp³-hybridized carbons (Fsp3) is 0.174. The number of aliphatic imine (C=N–C) groups is 1. The molecule has 9 heteroatoms. The van der Waals surface area contributed by atoms with Crippen LogP contribution >= 0.6 is 0 Å². The minimum absolute atomic E-state index is 0.191. The van der Waals surface area contributed by atoms with Crippen molar-refractivity contribution < 1.29 is 4.79 Å². The van der Waals surface area contributed by atoms with Crippen LogP contribution in [0.1, 0.15) is 52.0 Å². The van der Waals surface area contributed by atoms with Crippen LogP contribution in [0.5, 0.6) is 0 Å². The van der Waals surface area contributed by atoms with Crippen LogP contribution in [0.15, 0.2) is 66.5 Å². The maximum absolute atomic E-state index is 13.8. The van der Waals surface area contributed by atoms with E-state index in [-0.39, 0.29) is 5.91 Å². The number of nitrogens with zero attached hydrogens (tertiary/aromatic N) is 7. The van der Waals surface area contributed by atoms with E-state index in [2.05, 4.69) is 20.1 Å². The zero-order chi connectivity index (χ0) is 21.7. The summed E-state index contributed by atoms with van der Waals surface area (Å²) in [5, 5.41) is 9.15. The number of rotatable bonds is 2. The predicted octanol–water partition coefficient (Wildman–Crippen LogP) is 3.33. The van der Waals surface area contributed by atoms with Crippen molar-refractivity contribution in [1.82, 2.24) is 34.3 Å². The van der Waals surface area contributed by atoms with Gasteiger partial charge in [0.05, 0.1) is 35.1 Å². The number of nitrogens with one attached hydrogen (secondary N) is 1. The first-order valence-corrected chi connectivity index (χ1v) is 10.5. The molecule has 158 valence electrons. The number of hydrogen-bond donors (Lipinski definition) is 1. The van der Waals surface area contributed by atoms with E-state index in [0.29, 0.717) is 5.69 Å². The molecule has 2 aliphatic rings. The third-order valence-corrected chi connectivity index (χ3v) is 5.86. The van der Waals surface area contributed by atoms with Gasteiger partial charge in [0, 0.05) is 25.0 Å². The van der Waals surface area contributed by atoms with Crippen molar-refractivity contribution >= 4 is 23.3 Å². The number of H-pyrrole nitrogens is 1. The molecule has 4 aromatic rings. The first-order chi connectivity index (χ1) is 15.7. The Balaban J connectivity index is 1.46. The predicted molar refractivity (Wildman–Crippen MR) is 119 cm³/mol. The molecule has 1 amide bonds. The highest BCUT2D eigenvalue weighted by Gasteiger charge is 2.35. The van der Waals surface area contributed by atoms with Gasteiger partial charge in [0.1, 0.15) is 17.6 Å². The molecule has 0 saturated carbocycles. The lowest BCUT2D eigenvalue weighted by Crippen LogP contribution is -2.36. The van der Waals surface area contributed by atoms with Gasteiger partial charge in [-0.15, -0.1) is 0 Å². The van der Waals surface area contributed by atoms with Crippen LogP contribution in [0.4, 0.5) is 0 Å². The van der Waals surface area contributed by atoms with E-state index in [1.54, 1.807) is 40.6 Å². The van der Waals surface area contributed by atoms with Crippen molar-refractivity contribution in [2.75, 3.05) is 0 Å². The minimum atomic E-state index is -0.468. The standard InChI is InChI=1S/C23H20N8O/c1-15-5-4-11-30-19(15)13-17(28-30)22-21-16(25-14-26-21)8-12-29(22)23(32)18-7-10-27-31(18)20-6-2-3-9-24-20/h3-5,7-14,22H,2,6H2,1H3,(H,25,26)/t22-/m1/s1. The number of fused-ring (bicyclic) bond motifs is 2. The average Bonchev–Trinajstić information content (AvgIpc) is 3.58. The van der Waals surface area contributed by atoms with Gasteiger partial charge in [0.25, 0.3) is 5.91 Å². The second kappa shape index (κ2) is 7.16. The fourth-order valence-electron chi connectivity index (χ4n) is 4.27. The maximum atomic E-state index is 13.8. The second-order valence-corrected chi connectivity index (χ2v) is 7.82. The summed E-state index contributed by atoms with van der Waals surface area (Å²) in [6.45, 7) is 2.04. The molecule has 0 aliphatic carbocycles. The molecule has 1 N–H and O–H groups in total. The normalized spacial score (nSPS) is 17.6. The van der Waals surface area contributed by atoms with Gasteiger partial charge in [0.2, 0.25) is 0 Å². The lowest BCUT2D eigenvalue weighted by Gasteiger charge is -2.29. The van der Waals surface area contributed by atoms with Gasteiger partial charge in [0.15, 0.2) is 0 Å². The third kappa shape index (κ3) is 2.82. The Labute approximate surface area is 183 Å². The Morgan fingerprint density at radius 2 is 2.22 bits per heavy atom. The molecule has 0 spiro atoms. The fourth-order valence-corrected chi connectivity index (χ4v) is 4.27. The highest BCUT2D eigenvalue weighted by molar-refractivity contribution is 5.99. The van der Waals surface area contributed by atoms with Gasteiger partial charge in [-0.2, -0.15) is 10.2 Å². The summed E-state index contributed by atoms with van der Waals surface area (Å²) in [7, 11) is 0. The van der Waals surface area contributed by atoms with Crippen LogP contribution in [0, 0.1) is 6.92 Å². The smallest absolute Gasteiger partial charge is 0.277 e. The van der Waals surface area contributed by atoms with Crippen molar-refractivity contribution in [2.45, 2.75) is 25.8 Å². The molecule has 0 aromatic carbocycles. The molecule has 4 aromatic heterocycles. The van der Waals surface area contributed by atoms with Crippen LogP contribution in [0.3, 0.4) is 0 Å². The summed E-state index contributed by atoms with van der Waals surface area (Å²) in [5.74, 6) is 0.561. The molecule has 6 rings (SSSR count). The number of aromatic nitrogens is 6. The zero-order valence-corrected chi connectivity index (χ0v) is 17.4. The van der Waals surface area contributed by atoms with E-state index in [1.165, 1.54) is 0 Å². The van der Waals surface area contributed by atoms with Gasteiger partial charge in [-0.1, -0.05) is 12.1 Å². The second-order valence-electron chi connectivity index (χ2n) is 7.82. The number of aryl methyl sites for hydroxylation is 1. The molecule has 32 heavy (non-hydrogen) atoms. The van der Waals surface area contributed by atoms with Crippen molar-refractivity contribution in [1.29, 1.82) is 0 Å². The molecule has 0 radical (unpaired) electrons. The Hall–Kier alpha value is -4.27. The largest absolute Gasteiger partial charge is 0.345 e. The quantitative estimate of drug-likeness (QED) is 0.534. The average molecular weight is 424 g/mol. The summed E-state index contributed by atoms with van der Waals surface area (Å²) in [4.78, 5) is 27.6. The molecule has 1 atom stereocenters. The molecular formula is C23H20N8O. The Morgan fingerprint density at radius 3 is 3.06 bits per heavy atom. The summed E-state index contributed by atoms with van der Waals surface area (Å²) in [6.07, 6.45) is 14.2. The Bertz CT molecular complexity index is 1430. The number of carbonyl (C=O) groups is 1. The first-order valence-electron chi connectivity index (χ1n) is 10.5. The topological polar surface area (TPSA) is 96.5 Å². The van der Waals surface area contributed by atoms with Gasteiger partial charge in [-0.05, 0) is 43.2 Å². The number of hydrogen-bond acceptors (Lipinski definition) is 5. The highest BCUT2D eigenvalue weighted by Crippen LogP contribution is 2.35. The number of aromatic amines is 1. The van der Waals surface area contributed by atoms with E-state index in [1.807, 2.05) is 48.0 Å². The molecule has 0 saturated heterocycles. The Kier molecular flexibility index (Phi) is 4.14. The van der Waals surface area contributed by atoms with E-state index < -0.39 is 6.04 Å². The van der Waals surface area contributed by atoms with Gasteiger partial charge >= 0.3 is 0 Å². The number of amides is 1. The zero-order valence-electron chi connectivity index (χ0n) is 17.4. The van der Waals surface area contributed by atoms with E-state index in [4.69, 9.17) is 5.10 Å². The van der Waals surface area contributed by atoms with Gasteiger partial charge < -0.3 is 4.98 Å². The van der Waals surface area contributed by atoms with E-state index in [9.17, 15) is 4.79 Å². The van der Waals surface area contributed by atoms with Crippen molar-refractivity contribution in [2.24, 2.45) is 4.99 Å². The number of carbonyl (C=O) groups excluding carboxylic acids is 1. The molecular weight excluding hydrogens is 404 g/mol. The summed E-state index contributed by atoms with van der Waals surface area (Å²) in [6, 6.07) is 7.28. The molecule has 0 bridgehead atoms. The van der Waals surface area contributed by atoms with Crippen molar-refractivity contribution in [3.05, 3.63) is 89.8 Å². The van der Waals surface area contributed by atoms with Gasteiger partial charge in [-0.3, -0.25) is 9.69 Å². The molecule has 0 unspecified atom stereocenters. The van der Waals surface area contributed by atoms with Crippen LogP contribution in [0.25, 0.3) is 11.6 Å². The molecule has 2 aliphatic heterocycles. The van der Waals surface area contributed by atoms with Crippen LogP contribution in [0.2, 0.25) is 0 Å². The van der Waals surface area contributed by atoms with Crippen molar-refractivity contribution in [3.8, 4) is 0 Å². The summed E-state index contributed by atoms with van der Waals surface area (Å²) in [5.41, 5.74) is 4.92. The lowest BCUT2D eigenvalue weighted by atomic mass is 10.0. The van der Waals surface area contributed by atoms with Crippen molar-refractivity contribution in [3.63, 3.8) is 0 Å². The van der Waals surface area contributed by atoms with Crippen LogP contribution in [-0.2, 0) is 0 Å². The van der Waals surface area contributed by atoms with E-state index >= 15 is 0 Å².